The zero-order valence-electron chi connectivity index (χ0n) is 22.5. The van der Waals surface area contributed by atoms with Gasteiger partial charge in [-0.15, -0.1) is 0 Å². The van der Waals surface area contributed by atoms with Gasteiger partial charge in [0.25, 0.3) is 0 Å². The number of sulfonamides is 1. The number of anilines is 1. The standard InChI is InChI=1S/C30H36ClN3O4S/c1-3-27(30(36)32-25-12-5-4-6-13-25)33(20-22-16-18-24(31)19-17-22)29(35)21-34(39(2,37)38)28-15-9-11-23-10-7-8-14-26(23)28/h7-11,14-19,25,27H,3-6,12-13,20-21H2,1-2H3,(H,32,36)/t27-/m1/s1. The number of hydrogen-bond donors (Lipinski definition) is 1. The number of benzene rings is 3. The lowest BCUT2D eigenvalue weighted by molar-refractivity contribution is -0.140. The van der Waals surface area contributed by atoms with Gasteiger partial charge >= 0.3 is 0 Å². The van der Waals surface area contributed by atoms with E-state index in [4.69, 9.17) is 11.6 Å². The van der Waals surface area contributed by atoms with Gasteiger partial charge < -0.3 is 10.2 Å². The molecule has 0 radical (unpaired) electrons. The van der Waals surface area contributed by atoms with E-state index >= 15 is 0 Å². The molecule has 1 saturated carbocycles. The Morgan fingerprint density at radius 3 is 2.31 bits per heavy atom. The van der Waals surface area contributed by atoms with Crippen molar-refractivity contribution in [2.24, 2.45) is 0 Å². The second-order valence-corrected chi connectivity index (χ2v) is 12.5. The smallest absolute Gasteiger partial charge is 0.244 e. The summed E-state index contributed by atoms with van der Waals surface area (Å²) in [5.41, 5.74) is 1.22. The predicted molar refractivity (Wildman–Crippen MR) is 157 cm³/mol. The molecule has 0 bridgehead atoms. The van der Waals surface area contributed by atoms with E-state index in [9.17, 15) is 18.0 Å². The third kappa shape index (κ3) is 7.31. The van der Waals surface area contributed by atoms with Crippen LogP contribution in [0.15, 0.2) is 66.7 Å². The maximum absolute atomic E-state index is 14.0. The van der Waals surface area contributed by atoms with Gasteiger partial charge in [-0.3, -0.25) is 13.9 Å². The van der Waals surface area contributed by atoms with E-state index in [1.54, 1.807) is 24.3 Å². The average molecular weight is 570 g/mol. The number of carbonyl (C=O) groups excluding carboxylic acids is 2. The Labute approximate surface area is 236 Å². The van der Waals surface area contributed by atoms with Crippen molar-refractivity contribution < 1.29 is 18.0 Å². The molecule has 2 amide bonds. The number of rotatable bonds is 10. The molecule has 0 heterocycles. The second kappa shape index (κ2) is 12.8. The molecule has 208 valence electrons. The van der Waals surface area contributed by atoms with Crippen LogP contribution >= 0.6 is 11.6 Å². The fraction of sp³-hybridized carbons (Fsp3) is 0.400. The topological polar surface area (TPSA) is 86.8 Å². The van der Waals surface area contributed by atoms with Crippen molar-refractivity contribution in [2.75, 3.05) is 17.1 Å². The Balaban J connectivity index is 1.67. The summed E-state index contributed by atoms with van der Waals surface area (Å²) in [6, 6.07) is 19.3. The fourth-order valence-electron chi connectivity index (χ4n) is 5.27. The molecule has 1 N–H and O–H groups in total. The highest BCUT2D eigenvalue weighted by Gasteiger charge is 2.33. The molecule has 0 saturated heterocycles. The maximum atomic E-state index is 14.0. The minimum absolute atomic E-state index is 0.0935. The van der Waals surface area contributed by atoms with Gasteiger partial charge in [0.05, 0.1) is 11.9 Å². The van der Waals surface area contributed by atoms with E-state index in [2.05, 4.69) is 5.32 Å². The van der Waals surface area contributed by atoms with Gasteiger partial charge in [-0.2, -0.15) is 0 Å². The summed E-state index contributed by atoms with van der Waals surface area (Å²) < 4.78 is 27.2. The molecular formula is C30H36ClN3O4S. The first-order valence-electron chi connectivity index (χ1n) is 13.5. The summed E-state index contributed by atoms with van der Waals surface area (Å²) in [5.74, 6) is -0.656. The summed E-state index contributed by atoms with van der Waals surface area (Å²) in [6.07, 6.45) is 6.66. The zero-order valence-corrected chi connectivity index (χ0v) is 24.0. The molecule has 1 fully saturated rings. The Morgan fingerprint density at radius 2 is 1.64 bits per heavy atom. The van der Waals surface area contributed by atoms with Crippen molar-refractivity contribution in [3.8, 4) is 0 Å². The van der Waals surface area contributed by atoms with E-state index in [1.165, 1.54) is 11.3 Å². The first-order chi connectivity index (χ1) is 18.7. The quantitative estimate of drug-likeness (QED) is 0.348. The van der Waals surface area contributed by atoms with Gasteiger partial charge in [0, 0.05) is 23.0 Å². The van der Waals surface area contributed by atoms with Gasteiger partial charge in [0.2, 0.25) is 21.8 Å². The number of nitrogens with one attached hydrogen (secondary N) is 1. The fourth-order valence-corrected chi connectivity index (χ4v) is 6.26. The Hall–Kier alpha value is -3.10. The predicted octanol–water partition coefficient (Wildman–Crippen LogP) is 5.52. The van der Waals surface area contributed by atoms with Crippen molar-refractivity contribution in [2.45, 2.75) is 64.1 Å². The number of fused-ring (bicyclic) bond motifs is 1. The number of carbonyl (C=O) groups is 2. The van der Waals surface area contributed by atoms with Crippen LogP contribution in [0.4, 0.5) is 5.69 Å². The number of nitrogens with zero attached hydrogens (tertiary/aromatic N) is 2. The number of halogens is 1. The van der Waals surface area contributed by atoms with Gasteiger partial charge in [-0.1, -0.05) is 86.3 Å². The van der Waals surface area contributed by atoms with Crippen molar-refractivity contribution in [3.05, 3.63) is 77.3 Å². The van der Waals surface area contributed by atoms with Crippen LogP contribution in [0.25, 0.3) is 10.8 Å². The number of amides is 2. The second-order valence-electron chi connectivity index (χ2n) is 10.2. The van der Waals surface area contributed by atoms with Crippen LogP contribution in [-0.2, 0) is 26.2 Å². The first kappa shape index (κ1) is 28.9. The normalized spacial score (nSPS) is 15.1. The molecule has 1 atom stereocenters. The Kier molecular flexibility index (Phi) is 9.51. The minimum Gasteiger partial charge on any atom is -0.352 e. The zero-order chi connectivity index (χ0) is 28.0. The van der Waals surface area contributed by atoms with Crippen molar-refractivity contribution in [3.63, 3.8) is 0 Å². The van der Waals surface area contributed by atoms with Crippen LogP contribution in [-0.4, -0.2) is 50.0 Å². The van der Waals surface area contributed by atoms with Crippen LogP contribution in [0.1, 0.15) is 51.0 Å². The molecule has 3 aromatic carbocycles. The molecule has 4 rings (SSSR count). The number of hydrogen-bond acceptors (Lipinski definition) is 4. The highest BCUT2D eigenvalue weighted by molar-refractivity contribution is 7.92. The summed E-state index contributed by atoms with van der Waals surface area (Å²) in [5, 5.41) is 5.32. The molecular weight excluding hydrogens is 534 g/mol. The van der Waals surface area contributed by atoms with E-state index in [-0.39, 0.29) is 18.5 Å². The van der Waals surface area contributed by atoms with Gasteiger partial charge in [0.1, 0.15) is 12.6 Å². The summed E-state index contributed by atoms with van der Waals surface area (Å²) in [4.78, 5) is 29.0. The van der Waals surface area contributed by atoms with E-state index in [1.807, 2.05) is 49.4 Å². The largest absolute Gasteiger partial charge is 0.352 e. The highest BCUT2D eigenvalue weighted by Crippen LogP contribution is 2.29. The first-order valence-corrected chi connectivity index (χ1v) is 15.7. The lowest BCUT2D eigenvalue weighted by Crippen LogP contribution is -2.54. The highest BCUT2D eigenvalue weighted by atomic mass is 35.5. The third-order valence-electron chi connectivity index (χ3n) is 7.32. The van der Waals surface area contributed by atoms with Gasteiger partial charge in [-0.25, -0.2) is 8.42 Å². The Morgan fingerprint density at radius 1 is 0.974 bits per heavy atom. The summed E-state index contributed by atoms with van der Waals surface area (Å²) in [6.45, 7) is 1.60. The monoisotopic (exact) mass is 569 g/mol. The lowest BCUT2D eigenvalue weighted by atomic mass is 9.95. The van der Waals surface area contributed by atoms with Crippen LogP contribution in [0.5, 0.6) is 0 Å². The SMILES string of the molecule is CC[C@H](C(=O)NC1CCCCC1)N(Cc1ccc(Cl)cc1)C(=O)CN(c1cccc2ccccc12)S(C)(=O)=O. The molecule has 39 heavy (non-hydrogen) atoms. The lowest BCUT2D eigenvalue weighted by Gasteiger charge is -2.34. The van der Waals surface area contributed by atoms with Crippen LogP contribution in [0, 0.1) is 0 Å². The molecule has 1 aliphatic carbocycles. The van der Waals surface area contributed by atoms with E-state index < -0.39 is 28.5 Å². The average Bonchev–Trinajstić information content (AvgIpc) is 2.92. The van der Waals surface area contributed by atoms with Crippen LogP contribution in [0.2, 0.25) is 5.02 Å². The molecule has 0 unspecified atom stereocenters. The van der Waals surface area contributed by atoms with Crippen molar-refractivity contribution in [1.29, 1.82) is 0 Å². The molecule has 0 spiro atoms. The Bertz CT molecular complexity index is 1400. The van der Waals surface area contributed by atoms with E-state index in [0.29, 0.717) is 17.1 Å². The molecule has 0 aliphatic heterocycles. The molecule has 1 aliphatic rings. The third-order valence-corrected chi connectivity index (χ3v) is 8.70. The van der Waals surface area contributed by atoms with E-state index in [0.717, 1.165) is 52.6 Å². The summed E-state index contributed by atoms with van der Waals surface area (Å²) in [7, 11) is -3.82. The molecule has 3 aromatic rings. The summed E-state index contributed by atoms with van der Waals surface area (Å²) >= 11 is 6.08. The molecule has 0 aromatic heterocycles. The van der Waals surface area contributed by atoms with Crippen molar-refractivity contribution in [1.82, 2.24) is 10.2 Å². The van der Waals surface area contributed by atoms with Gasteiger partial charge in [-0.05, 0) is 48.4 Å². The molecule has 7 nitrogen and oxygen atoms in total. The molecule has 9 heteroatoms. The maximum Gasteiger partial charge on any atom is 0.244 e. The van der Waals surface area contributed by atoms with Crippen LogP contribution < -0.4 is 9.62 Å². The van der Waals surface area contributed by atoms with Crippen LogP contribution in [0.3, 0.4) is 0 Å². The minimum atomic E-state index is -3.82. The van der Waals surface area contributed by atoms with Crippen molar-refractivity contribution >= 4 is 49.9 Å². The van der Waals surface area contributed by atoms with Gasteiger partial charge in [0.15, 0.2) is 0 Å².